The van der Waals surface area contributed by atoms with Crippen molar-refractivity contribution in [2.24, 2.45) is 5.92 Å². The number of aryl methyl sites for hydroxylation is 1. The predicted octanol–water partition coefficient (Wildman–Crippen LogP) is 2.14. The first kappa shape index (κ1) is 15.7. The fourth-order valence-electron chi connectivity index (χ4n) is 3.24. The molecule has 1 saturated heterocycles. The van der Waals surface area contributed by atoms with Crippen LogP contribution in [0.3, 0.4) is 0 Å². The van der Waals surface area contributed by atoms with E-state index in [2.05, 4.69) is 40.6 Å². The Labute approximate surface area is 137 Å². The van der Waals surface area contributed by atoms with E-state index in [9.17, 15) is 4.79 Å². The van der Waals surface area contributed by atoms with Gasteiger partial charge in [0.15, 0.2) is 0 Å². The molecule has 23 heavy (non-hydrogen) atoms. The second-order valence-corrected chi connectivity index (χ2v) is 6.35. The molecule has 2 heterocycles. The maximum absolute atomic E-state index is 11.5. The minimum Gasteiger partial charge on any atom is -0.359 e. The topological polar surface area (TPSA) is 50.2 Å². The van der Waals surface area contributed by atoms with Crippen molar-refractivity contribution in [3.8, 4) is 5.69 Å². The van der Waals surface area contributed by atoms with Gasteiger partial charge in [0.2, 0.25) is 5.91 Å². The number of para-hydroxylation sites is 1. The zero-order chi connectivity index (χ0) is 16.2. The third kappa shape index (κ3) is 3.79. The molecule has 2 aromatic rings. The molecule has 0 saturated carbocycles. The molecule has 0 radical (unpaired) electrons. The highest BCUT2D eigenvalue weighted by Gasteiger charge is 2.24. The number of nitrogens with one attached hydrogen (secondary N) is 1. The average Bonchev–Trinajstić information content (AvgIpc) is 3.18. The quantitative estimate of drug-likeness (QED) is 0.920. The molecular weight excluding hydrogens is 288 g/mol. The van der Waals surface area contributed by atoms with E-state index >= 15 is 0 Å². The smallest absolute Gasteiger partial charge is 0.220 e. The number of likely N-dealkylation sites (tertiary alicyclic amines) is 1. The minimum atomic E-state index is 0.143. The number of amides is 1. The van der Waals surface area contributed by atoms with Gasteiger partial charge in [0.25, 0.3) is 0 Å². The van der Waals surface area contributed by atoms with Gasteiger partial charge in [-0.25, -0.2) is 4.68 Å². The molecule has 5 nitrogen and oxygen atoms in total. The van der Waals surface area contributed by atoms with Crippen LogP contribution in [0.4, 0.5) is 0 Å². The van der Waals surface area contributed by atoms with E-state index in [0.29, 0.717) is 12.3 Å². The number of rotatable bonds is 5. The molecule has 1 aromatic carbocycles. The van der Waals surface area contributed by atoms with Gasteiger partial charge in [0, 0.05) is 38.3 Å². The van der Waals surface area contributed by atoms with E-state index in [-0.39, 0.29) is 5.91 Å². The summed E-state index contributed by atoms with van der Waals surface area (Å²) in [5, 5.41) is 7.21. The van der Waals surface area contributed by atoms with Crippen LogP contribution in [0.5, 0.6) is 0 Å². The lowest BCUT2D eigenvalue weighted by atomic mass is 10.0. The van der Waals surface area contributed by atoms with Gasteiger partial charge >= 0.3 is 0 Å². The molecule has 1 atom stereocenters. The lowest BCUT2D eigenvalue weighted by molar-refractivity contribution is -0.121. The van der Waals surface area contributed by atoms with Crippen LogP contribution >= 0.6 is 0 Å². The van der Waals surface area contributed by atoms with Crippen molar-refractivity contribution in [3.05, 3.63) is 47.8 Å². The number of carbonyl (C=O) groups is 1. The SMILES string of the molecule is CNC(=O)C[C@H]1CCN(Cc2cnn(-c3ccccc3C)c2)C1. The Morgan fingerprint density at radius 1 is 1.39 bits per heavy atom. The van der Waals surface area contributed by atoms with Crippen LogP contribution in [-0.4, -0.2) is 40.7 Å². The zero-order valence-electron chi connectivity index (χ0n) is 13.8. The molecule has 0 aliphatic carbocycles. The van der Waals surface area contributed by atoms with Gasteiger partial charge in [-0.15, -0.1) is 0 Å². The second kappa shape index (κ2) is 6.96. The van der Waals surface area contributed by atoms with E-state index < -0.39 is 0 Å². The summed E-state index contributed by atoms with van der Waals surface area (Å²) < 4.78 is 1.95. The predicted molar refractivity (Wildman–Crippen MR) is 90.4 cm³/mol. The third-order valence-electron chi connectivity index (χ3n) is 4.53. The maximum Gasteiger partial charge on any atom is 0.220 e. The van der Waals surface area contributed by atoms with Crippen LogP contribution in [0.2, 0.25) is 0 Å². The standard InChI is InChI=1S/C18H24N4O/c1-14-5-3-4-6-17(14)22-13-16(10-20-22)12-21-8-7-15(11-21)9-18(23)19-2/h3-6,10,13,15H,7-9,11-12H2,1-2H3,(H,19,23)/t15-/m1/s1. The first-order valence-corrected chi connectivity index (χ1v) is 8.18. The Morgan fingerprint density at radius 2 is 2.22 bits per heavy atom. The summed E-state index contributed by atoms with van der Waals surface area (Å²) in [5.41, 5.74) is 3.56. The molecule has 3 rings (SSSR count). The van der Waals surface area contributed by atoms with Crippen molar-refractivity contribution >= 4 is 5.91 Å². The van der Waals surface area contributed by atoms with Gasteiger partial charge in [-0.3, -0.25) is 9.69 Å². The third-order valence-corrected chi connectivity index (χ3v) is 4.53. The molecule has 1 amide bonds. The van der Waals surface area contributed by atoms with Crippen LogP contribution in [0.1, 0.15) is 24.0 Å². The first-order valence-electron chi connectivity index (χ1n) is 8.18. The number of benzene rings is 1. The van der Waals surface area contributed by atoms with Crippen LogP contribution < -0.4 is 5.32 Å². The summed E-state index contributed by atoms with van der Waals surface area (Å²) in [4.78, 5) is 13.9. The van der Waals surface area contributed by atoms with Crippen molar-refractivity contribution in [1.82, 2.24) is 20.0 Å². The average molecular weight is 312 g/mol. The van der Waals surface area contributed by atoms with Crippen molar-refractivity contribution in [3.63, 3.8) is 0 Å². The molecule has 0 spiro atoms. The zero-order valence-corrected chi connectivity index (χ0v) is 13.8. The second-order valence-electron chi connectivity index (χ2n) is 6.35. The van der Waals surface area contributed by atoms with Gasteiger partial charge < -0.3 is 5.32 Å². The Hall–Kier alpha value is -2.14. The van der Waals surface area contributed by atoms with Crippen LogP contribution in [0.25, 0.3) is 5.69 Å². The minimum absolute atomic E-state index is 0.143. The molecule has 1 aromatic heterocycles. The molecule has 0 bridgehead atoms. The normalized spacial score (nSPS) is 18.3. The lowest BCUT2D eigenvalue weighted by Gasteiger charge is -2.14. The number of carbonyl (C=O) groups excluding carboxylic acids is 1. The van der Waals surface area contributed by atoms with Gasteiger partial charge in [0.05, 0.1) is 11.9 Å². The molecule has 0 unspecified atom stereocenters. The Balaban J connectivity index is 1.60. The van der Waals surface area contributed by atoms with E-state index in [1.165, 1.54) is 11.1 Å². The van der Waals surface area contributed by atoms with Crippen molar-refractivity contribution in [2.45, 2.75) is 26.3 Å². The van der Waals surface area contributed by atoms with E-state index in [1.54, 1.807) is 7.05 Å². The highest BCUT2D eigenvalue weighted by molar-refractivity contribution is 5.75. The summed E-state index contributed by atoms with van der Waals surface area (Å²) in [6.07, 6.45) is 5.78. The summed E-state index contributed by atoms with van der Waals surface area (Å²) in [5.74, 6) is 0.616. The number of hydrogen-bond acceptors (Lipinski definition) is 3. The monoisotopic (exact) mass is 312 g/mol. The highest BCUT2D eigenvalue weighted by Crippen LogP contribution is 2.22. The van der Waals surface area contributed by atoms with Gasteiger partial charge in [-0.05, 0) is 37.4 Å². The van der Waals surface area contributed by atoms with Crippen LogP contribution in [0, 0.1) is 12.8 Å². The Bertz CT molecular complexity index is 679. The van der Waals surface area contributed by atoms with Gasteiger partial charge in [0.1, 0.15) is 0 Å². The number of nitrogens with zero attached hydrogens (tertiary/aromatic N) is 3. The Kier molecular flexibility index (Phi) is 4.76. The van der Waals surface area contributed by atoms with Crippen molar-refractivity contribution < 1.29 is 4.79 Å². The van der Waals surface area contributed by atoms with Gasteiger partial charge in [-0.1, -0.05) is 18.2 Å². The summed E-state index contributed by atoms with van der Waals surface area (Å²) in [6, 6.07) is 8.26. The summed E-state index contributed by atoms with van der Waals surface area (Å²) in [7, 11) is 1.70. The first-order chi connectivity index (χ1) is 11.2. The largest absolute Gasteiger partial charge is 0.359 e. The fraction of sp³-hybridized carbons (Fsp3) is 0.444. The molecule has 5 heteroatoms. The summed E-state index contributed by atoms with van der Waals surface area (Å²) in [6.45, 7) is 5.04. The maximum atomic E-state index is 11.5. The van der Waals surface area contributed by atoms with Crippen molar-refractivity contribution in [1.29, 1.82) is 0 Å². The molecule has 1 aliphatic rings. The number of aromatic nitrogens is 2. The number of hydrogen-bond donors (Lipinski definition) is 1. The molecular formula is C18H24N4O. The van der Waals surface area contributed by atoms with Crippen molar-refractivity contribution in [2.75, 3.05) is 20.1 Å². The van der Waals surface area contributed by atoms with E-state index in [1.807, 2.05) is 23.0 Å². The fourth-order valence-corrected chi connectivity index (χ4v) is 3.24. The van der Waals surface area contributed by atoms with E-state index in [0.717, 1.165) is 31.7 Å². The van der Waals surface area contributed by atoms with E-state index in [4.69, 9.17) is 0 Å². The summed E-state index contributed by atoms with van der Waals surface area (Å²) >= 11 is 0. The molecule has 122 valence electrons. The highest BCUT2D eigenvalue weighted by atomic mass is 16.1. The van der Waals surface area contributed by atoms with Gasteiger partial charge in [-0.2, -0.15) is 5.10 Å². The Morgan fingerprint density at radius 3 is 3.00 bits per heavy atom. The molecule has 1 N–H and O–H groups in total. The lowest BCUT2D eigenvalue weighted by Crippen LogP contribution is -2.24. The van der Waals surface area contributed by atoms with Crippen LogP contribution in [0.15, 0.2) is 36.7 Å². The molecule has 1 aliphatic heterocycles. The molecule has 1 fully saturated rings. The van der Waals surface area contributed by atoms with Crippen LogP contribution in [-0.2, 0) is 11.3 Å².